The van der Waals surface area contributed by atoms with E-state index in [4.69, 9.17) is 4.52 Å². The number of aromatic nitrogens is 1. The summed E-state index contributed by atoms with van der Waals surface area (Å²) in [7, 11) is 1.65. The van der Waals surface area contributed by atoms with Crippen LogP contribution in [0.15, 0.2) is 53.1 Å². The third-order valence-corrected chi connectivity index (χ3v) is 5.74. The van der Waals surface area contributed by atoms with E-state index in [0.29, 0.717) is 24.3 Å². The van der Waals surface area contributed by atoms with Gasteiger partial charge in [-0.25, -0.2) is 0 Å². The lowest BCUT2D eigenvalue weighted by atomic mass is 9.94. The summed E-state index contributed by atoms with van der Waals surface area (Å²) in [6.45, 7) is 0.970. The van der Waals surface area contributed by atoms with Gasteiger partial charge in [-0.2, -0.15) is 0 Å². The van der Waals surface area contributed by atoms with Crippen molar-refractivity contribution in [2.45, 2.75) is 18.6 Å². The normalized spacial score (nSPS) is 20.8. The molecule has 5 rings (SSSR count). The summed E-state index contributed by atoms with van der Waals surface area (Å²) in [6.07, 6.45) is 0.272. The maximum Gasteiger partial charge on any atom is 0.262 e. The summed E-state index contributed by atoms with van der Waals surface area (Å²) >= 11 is 0. The molecule has 2 aromatic carbocycles. The lowest BCUT2D eigenvalue weighted by Gasteiger charge is -2.16. The highest BCUT2D eigenvalue weighted by atomic mass is 16.5. The second kappa shape index (κ2) is 6.28. The number of aliphatic hydroxyl groups is 1. The summed E-state index contributed by atoms with van der Waals surface area (Å²) < 4.78 is 5.36. The molecule has 3 aromatic rings. The van der Waals surface area contributed by atoms with Crippen molar-refractivity contribution in [3.8, 4) is 22.4 Å². The van der Waals surface area contributed by atoms with Crippen LogP contribution in [0, 0.1) is 0 Å². The molecule has 1 unspecified atom stereocenters. The lowest BCUT2D eigenvalue weighted by Crippen LogP contribution is -2.35. The number of rotatable bonds is 3. The molecular formula is C22H19N3O4. The zero-order chi connectivity index (χ0) is 20.2. The number of carbonyl (C=O) groups is 2. The number of nitrogens with one attached hydrogen (secondary N) is 1. The van der Waals surface area contributed by atoms with E-state index in [2.05, 4.69) is 10.5 Å². The molecule has 0 radical (unpaired) electrons. The molecule has 2 N–H and O–H groups in total. The monoisotopic (exact) mass is 389 g/mol. The van der Waals surface area contributed by atoms with E-state index in [1.54, 1.807) is 13.1 Å². The van der Waals surface area contributed by atoms with Gasteiger partial charge in [0.1, 0.15) is 5.69 Å². The molecule has 0 saturated carbocycles. The second-order valence-corrected chi connectivity index (χ2v) is 7.51. The molecule has 1 fully saturated rings. The summed E-state index contributed by atoms with van der Waals surface area (Å²) in [5, 5.41) is 17.7. The number of nitrogens with zero attached hydrogens (tertiary/aromatic N) is 2. The Morgan fingerprint density at radius 3 is 2.66 bits per heavy atom. The van der Waals surface area contributed by atoms with E-state index in [9.17, 15) is 14.7 Å². The van der Waals surface area contributed by atoms with E-state index in [1.165, 1.54) is 4.90 Å². The van der Waals surface area contributed by atoms with Crippen LogP contribution in [0.4, 0.5) is 0 Å². The molecule has 3 heterocycles. The molecule has 7 nitrogen and oxygen atoms in total. The quantitative estimate of drug-likeness (QED) is 0.717. The minimum atomic E-state index is -1.66. The predicted octanol–water partition coefficient (Wildman–Crippen LogP) is 2.30. The molecule has 146 valence electrons. The zero-order valence-corrected chi connectivity index (χ0v) is 15.8. The first-order valence-corrected chi connectivity index (χ1v) is 9.43. The van der Waals surface area contributed by atoms with Gasteiger partial charge in [0, 0.05) is 43.8 Å². The van der Waals surface area contributed by atoms with Crippen molar-refractivity contribution < 1.29 is 19.2 Å². The highest BCUT2D eigenvalue weighted by molar-refractivity contribution is 6.00. The highest BCUT2D eigenvalue weighted by Gasteiger charge is 2.48. The zero-order valence-electron chi connectivity index (χ0n) is 15.8. The molecule has 0 aliphatic carbocycles. The van der Waals surface area contributed by atoms with Crippen LogP contribution in [0.25, 0.3) is 22.4 Å². The third kappa shape index (κ3) is 2.66. The first kappa shape index (κ1) is 17.6. The van der Waals surface area contributed by atoms with Crippen LogP contribution in [-0.2, 0) is 16.9 Å². The molecule has 7 heteroatoms. The fraction of sp³-hybridized carbons (Fsp3) is 0.227. The number of carbonyl (C=O) groups excluding carboxylic acids is 2. The number of likely N-dealkylation sites (N-methyl/N-ethyl adjacent to an activating group) is 1. The Labute approximate surface area is 166 Å². The molecule has 2 amide bonds. The van der Waals surface area contributed by atoms with Crippen molar-refractivity contribution in [3.05, 3.63) is 65.4 Å². The third-order valence-electron chi connectivity index (χ3n) is 5.74. The van der Waals surface area contributed by atoms with Gasteiger partial charge in [-0.1, -0.05) is 35.5 Å². The first-order chi connectivity index (χ1) is 14.0. The Hall–Kier alpha value is -3.45. The van der Waals surface area contributed by atoms with Gasteiger partial charge in [-0.15, -0.1) is 0 Å². The molecule has 0 bridgehead atoms. The summed E-state index contributed by atoms with van der Waals surface area (Å²) in [4.78, 5) is 25.7. The summed E-state index contributed by atoms with van der Waals surface area (Å²) in [5.74, 6) is -0.285. The molecule has 0 spiro atoms. The number of hydrogen-bond acceptors (Lipinski definition) is 5. The number of amides is 2. The van der Waals surface area contributed by atoms with Crippen LogP contribution >= 0.6 is 0 Å². The minimum absolute atomic E-state index is 0.0569. The van der Waals surface area contributed by atoms with E-state index in [1.807, 2.05) is 42.5 Å². The average Bonchev–Trinajstić information content (AvgIpc) is 3.44. The van der Waals surface area contributed by atoms with Crippen LogP contribution in [0.3, 0.4) is 0 Å². The van der Waals surface area contributed by atoms with Crippen LogP contribution in [0.5, 0.6) is 0 Å². The van der Waals surface area contributed by atoms with Gasteiger partial charge >= 0.3 is 0 Å². The number of fused-ring (bicyclic) bond motifs is 1. The van der Waals surface area contributed by atoms with Crippen molar-refractivity contribution in [2.24, 2.45) is 0 Å². The van der Waals surface area contributed by atoms with Gasteiger partial charge in [0.05, 0.1) is 0 Å². The topological polar surface area (TPSA) is 95.7 Å². The number of benzene rings is 2. The molecule has 1 atom stereocenters. The van der Waals surface area contributed by atoms with Crippen LogP contribution in [-0.4, -0.2) is 40.6 Å². The molecular weight excluding hydrogens is 370 g/mol. The molecule has 1 saturated heterocycles. The lowest BCUT2D eigenvalue weighted by molar-refractivity contribution is -0.144. The van der Waals surface area contributed by atoms with E-state index >= 15 is 0 Å². The largest absolute Gasteiger partial charge is 0.373 e. The first-order valence-electron chi connectivity index (χ1n) is 9.43. The van der Waals surface area contributed by atoms with Gasteiger partial charge in [-0.05, 0) is 28.8 Å². The minimum Gasteiger partial charge on any atom is -0.373 e. The highest BCUT2D eigenvalue weighted by Crippen LogP contribution is 2.36. The smallest absolute Gasteiger partial charge is 0.262 e. The Morgan fingerprint density at radius 1 is 1.10 bits per heavy atom. The summed E-state index contributed by atoms with van der Waals surface area (Å²) in [5.41, 5.74) is 3.29. The fourth-order valence-electron chi connectivity index (χ4n) is 4.06. The standard InChI is InChI=1S/C22H19N3O4/c1-25-9-8-22(28,21(25)27)19-11-18(24-29-19)14-5-2-4-13(10-14)15-6-3-7-16-17(15)12-23-20(16)26/h2-7,10-11,28H,8-9,12H2,1H3,(H,23,26). The van der Waals surface area contributed by atoms with Gasteiger partial charge < -0.3 is 19.8 Å². The van der Waals surface area contributed by atoms with E-state index in [0.717, 1.165) is 22.3 Å². The van der Waals surface area contributed by atoms with Crippen LogP contribution in [0.2, 0.25) is 0 Å². The molecule has 2 aliphatic rings. The van der Waals surface area contributed by atoms with Crippen molar-refractivity contribution >= 4 is 11.8 Å². The van der Waals surface area contributed by atoms with Crippen molar-refractivity contribution in [1.29, 1.82) is 0 Å². The molecule has 1 aromatic heterocycles. The van der Waals surface area contributed by atoms with Gasteiger partial charge in [0.15, 0.2) is 5.76 Å². The van der Waals surface area contributed by atoms with Gasteiger partial charge in [-0.3, -0.25) is 9.59 Å². The fourth-order valence-corrected chi connectivity index (χ4v) is 4.06. The van der Waals surface area contributed by atoms with Crippen LogP contribution in [0.1, 0.15) is 28.1 Å². The molecule has 29 heavy (non-hydrogen) atoms. The maximum atomic E-state index is 12.3. The predicted molar refractivity (Wildman–Crippen MR) is 105 cm³/mol. The Kier molecular flexibility index (Phi) is 3.82. The number of hydrogen-bond donors (Lipinski definition) is 2. The van der Waals surface area contributed by atoms with Gasteiger partial charge in [0.2, 0.25) is 5.60 Å². The maximum absolute atomic E-state index is 12.3. The average molecular weight is 389 g/mol. The SMILES string of the molecule is CN1CCC(O)(c2cc(-c3cccc(-c4cccc5c4CNC5=O)c3)no2)C1=O. The number of likely N-dealkylation sites (tertiary alicyclic amines) is 1. The van der Waals surface area contributed by atoms with Crippen molar-refractivity contribution in [3.63, 3.8) is 0 Å². The van der Waals surface area contributed by atoms with Crippen molar-refractivity contribution in [2.75, 3.05) is 13.6 Å². The van der Waals surface area contributed by atoms with Crippen molar-refractivity contribution in [1.82, 2.24) is 15.4 Å². The second-order valence-electron chi connectivity index (χ2n) is 7.51. The Morgan fingerprint density at radius 2 is 1.86 bits per heavy atom. The van der Waals surface area contributed by atoms with Gasteiger partial charge in [0.25, 0.3) is 11.8 Å². The van der Waals surface area contributed by atoms with E-state index < -0.39 is 5.60 Å². The van der Waals surface area contributed by atoms with E-state index in [-0.39, 0.29) is 24.0 Å². The Bertz CT molecular complexity index is 1150. The summed E-state index contributed by atoms with van der Waals surface area (Å²) in [6, 6.07) is 15.1. The molecule has 2 aliphatic heterocycles. The van der Waals surface area contributed by atoms with Crippen LogP contribution < -0.4 is 5.32 Å². The Balaban J connectivity index is 1.52.